The van der Waals surface area contributed by atoms with E-state index in [1.807, 2.05) is 38.1 Å². The van der Waals surface area contributed by atoms with Crippen LogP contribution in [0.25, 0.3) is 0 Å². The molecule has 0 aliphatic carbocycles. The average molecular weight is 744 g/mol. The Kier molecular flexibility index (Phi) is 16.6. The second kappa shape index (κ2) is 20.5. The van der Waals surface area contributed by atoms with E-state index in [-0.39, 0.29) is 17.9 Å². The number of hydrogen-bond donors (Lipinski definition) is 3. The molecule has 5 rings (SSSR count). The van der Waals surface area contributed by atoms with Crippen molar-refractivity contribution in [3.63, 3.8) is 0 Å². The molecule has 0 aromatic heterocycles. The monoisotopic (exact) mass is 742 g/mol. The molecular formula is C36H51BrN6O6. The number of piperazine rings is 1. The van der Waals surface area contributed by atoms with Crippen molar-refractivity contribution in [2.24, 2.45) is 5.92 Å². The molecule has 0 saturated carbocycles. The highest BCUT2D eigenvalue weighted by Gasteiger charge is 2.26. The molecule has 2 aromatic rings. The van der Waals surface area contributed by atoms with Crippen LogP contribution in [0.15, 0.2) is 53.5 Å². The molecule has 0 spiro atoms. The van der Waals surface area contributed by atoms with E-state index in [1.165, 1.54) is 52.4 Å². The molecule has 3 amide bonds. The summed E-state index contributed by atoms with van der Waals surface area (Å²) in [6, 6.07) is 12.0. The highest BCUT2D eigenvalue weighted by molar-refractivity contribution is 9.10. The number of nitrogens with one attached hydrogen (secondary N) is 3. The maximum absolute atomic E-state index is 12.1. The first kappa shape index (κ1) is 39.5. The zero-order valence-electron chi connectivity index (χ0n) is 29.2. The molecule has 3 saturated heterocycles. The van der Waals surface area contributed by atoms with E-state index in [0.717, 1.165) is 65.1 Å². The third-order valence-electron chi connectivity index (χ3n) is 8.66. The van der Waals surface area contributed by atoms with Crippen LogP contribution in [-0.2, 0) is 23.9 Å². The van der Waals surface area contributed by atoms with Crippen LogP contribution in [0.1, 0.15) is 36.8 Å². The molecule has 0 radical (unpaired) electrons. The van der Waals surface area contributed by atoms with Crippen LogP contribution in [0.3, 0.4) is 0 Å². The zero-order valence-corrected chi connectivity index (χ0v) is 30.8. The lowest BCUT2D eigenvalue weighted by atomic mass is 9.95. The first-order valence-corrected chi connectivity index (χ1v) is 17.5. The lowest BCUT2D eigenvalue weighted by molar-refractivity contribution is -0.140. The van der Waals surface area contributed by atoms with Gasteiger partial charge >= 0.3 is 18.0 Å². The van der Waals surface area contributed by atoms with Gasteiger partial charge in [-0.2, -0.15) is 0 Å². The van der Waals surface area contributed by atoms with Gasteiger partial charge in [0.2, 0.25) is 5.91 Å². The molecule has 3 aliphatic heterocycles. The first-order valence-electron chi connectivity index (χ1n) is 16.7. The lowest BCUT2D eigenvalue weighted by Crippen LogP contribution is -2.49. The van der Waals surface area contributed by atoms with Crippen molar-refractivity contribution in [2.75, 3.05) is 88.2 Å². The van der Waals surface area contributed by atoms with Gasteiger partial charge in [0.25, 0.3) is 0 Å². The molecule has 0 unspecified atom stereocenters. The molecular weight excluding hydrogens is 692 g/mol. The van der Waals surface area contributed by atoms with Gasteiger partial charge in [0.1, 0.15) is 0 Å². The van der Waals surface area contributed by atoms with Gasteiger partial charge in [-0.05, 0) is 80.1 Å². The molecule has 3 fully saturated rings. The summed E-state index contributed by atoms with van der Waals surface area (Å²) in [6.07, 6.45) is 4.32. The van der Waals surface area contributed by atoms with E-state index >= 15 is 0 Å². The van der Waals surface area contributed by atoms with Gasteiger partial charge in [0, 0.05) is 92.9 Å². The second-order valence-corrected chi connectivity index (χ2v) is 13.1. The second-order valence-electron chi connectivity index (χ2n) is 12.1. The van der Waals surface area contributed by atoms with Crippen molar-refractivity contribution in [2.45, 2.75) is 39.5 Å². The fourth-order valence-corrected chi connectivity index (χ4v) is 6.35. The molecule has 2 aromatic carbocycles. The predicted octanol–water partition coefficient (Wildman–Crippen LogP) is 4.64. The number of carbonyl (C=O) groups is 4. The van der Waals surface area contributed by atoms with Gasteiger partial charge in [-0.15, -0.1) is 0 Å². The number of aryl methyl sites for hydroxylation is 2. The Morgan fingerprint density at radius 2 is 1.69 bits per heavy atom. The Morgan fingerprint density at radius 3 is 2.27 bits per heavy atom. The number of imide groups is 1. The average Bonchev–Trinajstić information content (AvgIpc) is 3.10. The van der Waals surface area contributed by atoms with Crippen LogP contribution in [0, 0.1) is 19.8 Å². The van der Waals surface area contributed by atoms with Gasteiger partial charge in [0.15, 0.2) is 0 Å². The van der Waals surface area contributed by atoms with E-state index < -0.39 is 5.97 Å². The fraction of sp³-hybridized carbons (Fsp3) is 0.500. The van der Waals surface area contributed by atoms with Crippen LogP contribution >= 0.6 is 15.9 Å². The Morgan fingerprint density at radius 1 is 0.980 bits per heavy atom. The van der Waals surface area contributed by atoms with Gasteiger partial charge in [0.05, 0.1) is 20.6 Å². The quantitative estimate of drug-likeness (QED) is 0.247. The van der Waals surface area contributed by atoms with Gasteiger partial charge in [-0.1, -0.05) is 22.5 Å². The van der Waals surface area contributed by atoms with Crippen molar-refractivity contribution >= 4 is 56.9 Å². The number of piperidine rings is 1. The number of rotatable bonds is 9. The van der Waals surface area contributed by atoms with E-state index in [4.69, 9.17) is 0 Å². The van der Waals surface area contributed by atoms with Crippen molar-refractivity contribution in [1.82, 2.24) is 15.5 Å². The van der Waals surface area contributed by atoms with Gasteiger partial charge in [-0.25, -0.2) is 9.59 Å². The number of urea groups is 1. The fourth-order valence-electron chi connectivity index (χ4n) is 5.88. The number of esters is 2. The SMILES string of the molecule is C=CC(=O)OC.COC(=O)CCNc1ccc(Br)cc1C.Cc1cc(N2CCC(CN3CCNCC3)CC2)ccc1N1CCC(=O)NC1=O. The van der Waals surface area contributed by atoms with E-state index in [1.54, 1.807) is 4.90 Å². The summed E-state index contributed by atoms with van der Waals surface area (Å²) in [7, 11) is 2.71. The molecule has 49 heavy (non-hydrogen) atoms. The summed E-state index contributed by atoms with van der Waals surface area (Å²) in [6.45, 7) is 16.3. The highest BCUT2D eigenvalue weighted by atomic mass is 79.9. The molecule has 13 heteroatoms. The summed E-state index contributed by atoms with van der Waals surface area (Å²) in [5.74, 6) is 0.00998. The minimum atomic E-state index is -0.394. The summed E-state index contributed by atoms with van der Waals surface area (Å²) in [5.41, 5.74) is 5.39. The number of hydrogen-bond acceptors (Lipinski definition) is 10. The van der Waals surface area contributed by atoms with E-state index in [2.05, 4.69) is 69.9 Å². The van der Waals surface area contributed by atoms with Crippen LogP contribution in [0.5, 0.6) is 0 Å². The van der Waals surface area contributed by atoms with E-state index in [0.29, 0.717) is 25.9 Å². The number of ether oxygens (including phenoxy) is 2. The maximum atomic E-state index is 12.1. The van der Waals surface area contributed by atoms with Crippen LogP contribution in [-0.4, -0.2) is 102 Å². The number of amides is 3. The number of nitrogens with zero attached hydrogens (tertiary/aromatic N) is 3. The number of benzene rings is 2. The number of carbonyl (C=O) groups excluding carboxylic acids is 4. The largest absolute Gasteiger partial charge is 0.469 e. The molecule has 3 aliphatic rings. The van der Waals surface area contributed by atoms with Crippen molar-refractivity contribution in [1.29, 1.82) is 0 Å². The summed E-state index contributed by atoms with van der Waals surface area (Å²) in [5, 5.41) is 9.01. The predicted molar refractivity (Wildman–Crippen MR) is 197 cm³/mol. The molecule has 3 heterocycles. The molecule has 268 valence electrons. The first-order chi connectivity index (χ1) is 23.5. The van der Waals surface area contributed by atoms with Crippen molar-refractivity contribution in [3.8, 4) is 0 Å². The van der Waals surface area contributed by atoms with Crippen molar-refractivity contribution in [3.05, 3.63) is 64.7 Å². The summed E-state index contributed by atoms with van der Waals surface area (Å²) < 4.78 is 9.75. The van der Waals surface area contributed by atoms with Crippen LogP contribution < -0.4 is 25.8 Å². The Balaban J connectivity index is 0.000000259. The highest BCUT2D eigenvalue weighted by Crippen LogP contribution is 2.30. The minimum Gasteiger partial charge on any atom is -0.469 e. The Hall–Kier alpha value is -3.94. The number of anilines is 3. The lowest BCUT2D eigenvalue weighted by Gasteiger charge is -2.37. The molecule has 0 bridgehead atoms. The summed E-state index contributed by atoms with van der Waals surface area (Å²) >= 11 is 3.40. The van der Waals surface area contributed by atoms with Crippen molar-refractivity contribution < 1.29 is 28.7 Å². The van der Waals surface area contributed by atoms with Crippen LogP contribution in [0.2, 0.25) is 0 Å². The molecule has 12 nitrogen and oxygen atoms in total. The Bertz CT molecular complexity index is 1420. The van der Waals surface area contributed by atoms with Crippen LogP contribution in [0.4, 0.5) is 21.9 Å². The third-order valence-corrected chi connectivity index (χ3v) is 9.15. The Labute approximate surface area is 298 Å². The number of halogens is 1. The normalized spacial score (nSPS) is 16.7. The zero-order chi connectivity index (χ0) is 35.8. The maximum Gasteiger partial charge on any atom is 0.329 e. The third kappa shape index (κ3) is 13.1. The van der Waals surface area contributed by atoms with Gasteiger partial charge in [-0.3, -0.25) is 19.8 Å². The summed E-state index contributed by atoms with van der Waals surface area (Å²) in [4.78, 5) is 50.9. The topological polar surface area (TPSA) is 133 Å². The molecule has 0 atom stereocenters. The minimum absolute atomic E-state index is 0.195. The standard InChI is InChI=1S/C21H31N5O2.C11H14BrNO2.C4H6O2/c1-16-14-18(2-3-19(16)26-11-6-20(27)23-21(26)28)25-9-4-17(5-10-25)15-24-12-7-22-8-13-24;1-8-7-9(12)3-4-10(8)13-6-5-11(14)15-2;1-3-4(5)6-2/h2-3,14,17,22H,4-13,15H2,1H3,(H,23,27,28);3-4,7,13H,5-6H2,1-2H3;3H,1H2,2H3. The molecule has 3 N–H and O–H groups in total. The van der Waals surface area contributed by atoms with Gasteiger partial charge < -0.3 is 29.9 Å². The van der Waals surface area contributed by atoms with E-state index in [9.17, 15) is 19.2 Å². The smallest absolute Gasteiger partial charge is 0.329 e. The number of methoxy groups -OCH3 is 2.